The Morgan fingerprint density at radius 3 is 2.20 bits per heavy atom. The van der Waals surface area contributed by atoms with Crippen LogP contribution in [0.4, 0.5) is 0 Å². The lowest BCUT2D eigenvalue weighted by atomic mass is 9.89. The van der Waals surface area contributed by atoms with Gasteiger partial charge >= 0.3 is 5.97 Å². The predicted octanol–water partition coefficient (Wildman–Crippen LogP) is 7.34. The molecule has 4 nitrogen and oxygen atoms in total. The van der Waals surface area contributed by atoms with Crippen LogP contribution < -0.4 is 0 Å². The monoisotopic (exact) mass is 489 g/mol. The van der Waals surface area contributed by atoms with Gasteiger partial charge in [-0.1, -0.05) is 101 Å². The number of carbonyl (C=O) groups is 1. The van der Waals surface area contributed by atoms with Crippen molar-refractivity contribution in [2.24, 2.45) is 0 Å². The van der Waals surface area contributed by atoms with Gasteiger partial charge in [0.25, 0.3) is 0 Å². The highest BCUT2D eigenvalue weighted by molar-refractivity contribution is 6.74. The molecule has 3 atom stereocenters. The van der Waals surface area contributed by atoms with Crippen LogP contribution in [0.15, 0.2) is 84.1 Å². The van der Waals surface area contributed by atoms with Crippen molar-refractivity contribution in [3.63, 3.8) is 0 Å². The Labute approximate surface area is 211 Å². The molecular formula is C30H39NO3Si. The molecule has 4 rings (SSSR count). The molecule has 2 aliphatic rings. The lowest BCUT2D eigenvalue weighted by Gasteiger charge is -2.48. The van der Waals surface area contributed by atoms with E-state index in [0.29, 0.717) is 12.2 Å². The standard InChI is InChI=1S/C30H39NO3Si/c1-7-14-24-19-20-25-26(21-33-29(25)32)31(24)27(22-15-10-8-11-16-22)28(23-17-12-9-13-18-23)34-35(5,6)30(2,3)4/h8-13,15-20,24,27-28H,7,14,21H2,1-6H3/t24?,27-,28+/m1/s1. The summed E-state index contributed by atoms with van der Waals surface area (Å²) in [6.45, 7) is 14.0. The van der Waals surface area contributed by atoms with Gasteiger partial charge in [-0.05, 0) is 41.8 Å². The van der Waals surface area contributed by atoms with E-state index in [-0.39, 0.29) is 29.2 Å². The Morgan fingerprint density at radius 2 is 1.63 bits per heavy atom. The van der Waals surface area contributed by atoms with Gasteiger partial charge in [0.2, 0.25) is 0 Å². The second-order valence-corrected chi connectivity index (χ2v) is 15.9. The fraction of sp³-hybridized carbons (Fsp3) is 0.433. The summed E-state index contributed by atoms with van der Waals surface area (Å²) in [5, 5.41) is 0.0583. The largest absolute Gasteiger partial charge is 0.456 e. The highest BCUT2D eigenvalue weighted by Crippen LogP contribution is 2.48. The molecule has 2 aromatic rings. The van der Waals surface area contributed by atoms with E-state index >= 15 is 0 Å². The first-order valence-electron chi connectivity index (χ1n) is 12.8. The molecule has 35 heavy (non-hydrogen) atoms. The molecule has 2 aromatic carbocycles. The van der Waals surface area contributed by atoms with Crippen LogP contribution in [0.25, 0.3) is 0 Å². The van der Waals surface area contributed by atoms with E-state index in [0.717, 1.165) is 24.1 Å². The van der Waals surface area contributed by atoms with Gasteiger partial charge in [-0.15, -0.1) is 0 Å². The average molecular weight is 490 g/mol. The highest BCUT2D eigenvalue weighted by atomic mass is 28.4. The molecule has 0 saturated heterocycles. The quantitative estimate of drug-likeness (QED) is 0.287. The minimum atomic E-state index is -2.16. The van der Waals surface area contributed by atoms with E-state index in [4.69, 9.17) is 9.16 Å². The number of carbonyl (C=O) groups excluding carboxylic acids is 1. The third-order valence-electron chi connectivity index (χ3n) is 7.69. The van der Waals surface area contributed by atoms with Crippen LogP contribution >= 0.6 is 0 Å². The molecule has 2 aliphatic heterocycles. The van der Waals surface area contributed by atoms with Crippen LogP contribution in [0.3, 0.4) is 0 Å². The molecule has 0 amide bonds. The number of rotatable bonds is 8. The van der Waals surface area contributed by atoms with E-state index in [9.17, 15) is 4.79 Å². The van der Waals surface area contributed by atoms with Crippen LogP contribution in [0.1, 0.15) is 63.8 Å². The Morgan fingerprint density at radius 1 is 1.03 bits per heavy atom. The predicted molar refractivity (Wildman–Crippen MR) is 144 cm³/mol. The summed E-state index contributed by atoms with van der Waals surface area (Å²) in [7, 11) is -2.16. The zero-order valence-corrected chi connectivity index (χ0v) is 23.0. The summed E-state index contributed by atoms with van der Waals surface area (Å²) < 4.78 is 12.8. The highest BCUT2D eigenvalue weighted by Gasteiger charge is 2.45. The van der Waals surface area contributed by atoms with Crippen molar-refractivity contribution in [1.29, 1.82) is 0 Å². The fourth-order valence-electron chi connectivity index (χ4n) is 4.77. The summed E-state index contributed by atoms with van der Waals surface area (Å²) in [6, 6.07) is 21.3. The molecule has 0 radical (unpaired) electrons. The average Bonchev–Trinajstić information content (AvgIpc) is 3.21. The molecular weight excluding hydrogens is 450 g/mol. The van der Waals surface area contributed by atoms with Gasteiger partial charge in [0.1, 0.15) is 6.61 Å². The van der Waals surface area contributed by atoms with Gasteiger partial charge in [0, 0.05) is 6.04 Å². The molecule has 0 bridgehead atoms. The maximum Gasteiger partial charge on any atom is 0.340 e. The summed E-state index contributed by atoms with van der Waals surface area (Å²) in [6.07, 6.45) is 5.99. The van der Waals surface area contributed by atoms with Gasteiger partial charge in [-0.25, -0.2) is 4.79 Å². The summed E-state index contributed by atoms with van der Waals surface area (Å²) in [4.78, 5) is 15.0. The Hall–Kier alpha value is -2.63. The van der Waals surface area contributed by atoms with Crippen molar-refractivity contribution < 1.29 is 14.0 Å². The molecule has 186 valence electrons. The van der Waals surface area contributed by atoms with Gasteiger partial charge in [0.15, 0.2) is 8.32 Å². The van der Waals surface area contributed by atoms with Gasteiger partial charge in [-0.3, -0.25) is 0 Å². The first-order valence-corrected chi connectivity index (χ1v) is 15.7. The van der Waals surface area contributed by atoms with E-state index < -0.39 is 8.32 Å². The molecule has 0 fully saturated rings. The lowest BCUT2D eigenvalue weighted by Crippen LogP contribution is -2.47. The number of hydrogen-bond donors (Lipinski definition) is 0. The molecule has 0 N–H and O–H groups in total. The van der Waals surface area contributed by atoms with Gasteiger partial charge in [0.05, 0.1) is 23.4 Å². The number of benzene rings is 2. The zero-order valence-electron chi connectivity index (χ0n) is 22.0. The van der Waals surface area contributed by atoms with Crippen molar-refractivity contribution in [1.82, 2.24) is 4.90 Å². The molecule has 0 spiro atoms. The summed E-state index contributed by atoms with van der Waals surface area (Å²) in [5.74, 6) is -0.232. The van der Waals surface area contributed by atoms with Crippen molar-refractivity contribution in [3.05, 3.63) is 95.2 Å². The molecule has 0 aliphatic carbocycles. The first-order chi connectivity index (χ1) is 16.6. The first kappa shape index (κ1) is 25.5. The smallest absolute Gasteiger partial charge is 0.340 e. The Kier molecular flexibility index (Phi) is 7.39. The van der Waals surface area contributed by atoms with Crippen LogP contribution in [0, 0.1) is 0 Å². The topological polar surface area (TPSA) is 38.8 Å². The maximum atomic E-state index is 12.6. The summed E-state index contributed by atoms with van der Waals surface area (Å²) in [5.41, 5.74) is 3.99. The molecule has 2 heterocycles. The van der Waals surface area contributed by atoms with Crippen molar-refractivity contribution >= 4 is 14.3 Å². The van der Waals surface area contributed by atoms with Crippen LogP contribution in [-0.2, 0) is 14.0 Å². The van der Waals surface area contributed by atoms with Crippen molar-refractivity contribution in [2.75, 3.05) is 6.61 Å². The van der Waals surface area contributed by atoms with Gasteiger partial charge in [-0.2, -0.15) is 0 Å². The van der Waals surface area contributed by atoms with Crippen LogP contribution in [0.2, 0.25) is 18.1 Å². The lowest BCUT2D eigenvalue weighted by molar-refractivity contribution is -0.135. The third kappa shape index (κ3) is 5.17. The SMILES string of the molecule is CCCC1C=CC2=C(COC2=O)N1[C@H](c1ccccc1)[C@@H](O[Si](C)(C)C(C)(C)C)c1ccccc1. The number of nitrogens with zero attached hydrogens (tertiary/aromatic N) is 1. The fourth-order valence-corrected chi connectivity index (χ4v) is 6.03. The minimum Gasteiger partial charge on any atom is -0.456 e. The normalized spacial score (nSPS) is 20.0. The number of hydrogen-bond acceptors (Lipinski definition) is 4. The zero-order chi connectivity index (χ0) is 25.2. The van der Waals surface area contributed by atoms with Gasteiger partial charge < -0.3 is 14.1 Å². The Bertz CT molecular complexity index is 1090. The number of esters is 1. The second kappa shape index (κ2) is 10.2. The molecule has 0 saturated carbocycles. The van der Waals surface area contributed by atoms with E-state index in [2.05, 4.69) is 112 Å². The number of cyclic esters (lactones) is 1. The van der Waals surface area contributed by atoms with E-state index in [1.165, 1.54) is 5.56 Å². The summed E-state index contributed by atoms with van der Waals surface area (Å²) >= 11 is 0. The maximum absolute atomic E-state index is 12.6. The van der Waals surface area contributed by atoms with Crippen molar-refractivity contribution in [2.45, 2.75) is 76.9 Å². The number of ether oxygens (including phenoxy) is 1. The van der Waals surface area contributed by atoms with Crippen LogP contribution in [-0.4, -0.2) is 31.8 Å². The molecule has 5 heteroatoms. The molecule has 0 aromatic heterocycles. The second-order valence-electron chi connectivity index (χ2n) is 11.1. The molecule has 1 unspecified atom stereocenters. The minimum absolute atomic E-state index is 0.0583. The van der Waals surface area contributed by atoms with Crippen molar-refractivity contribution in [3.8, 4) is 0 Å². The third-order valence-corrected chi connectivity index (χ3v) is 12.1. The van der Waals surface area contributed by atoms with E-state index in [1.807, 2.05) is 6.08 Å². The van der Waals surface area contributed by atoms with E-state index in [1.54, 1.807) is 0 Å². The van der Waals surface area contributed by atoms with Crippen LogP contribution in [0.5, 0.6) is 0 Å². The Balaban J connectivity index is 1.92.